The zero-order chi connectivity index (χ0) is 9.52. The highest BCUT2D eigenvalue weighted by molar-refractivity contribution is 4.92. The molecule has 1 aliphatic rings. The normalized spacial score (nSPS) is 26.3. The first kappa shape index (κ1) is 11.0. The molecule has 1 rings (SSSR count). The van der Waals surface area contributed by atoms with Crippen LogP contribution in [0, 0.1) is 5.92 Å². The van der Waals surface area contributed by atoms with Gasteiger partial charge < -0.3 is 15.8 Å². The fourth-order valence-electron chi connectivity index (χ4n) is 1.69. The van der Waals surface area contributed by atoms with E-state index in [1.165, 1.54) is 19.3 Å². The van der Waals surface area contributed by atoms with Crippen molar-refractivity contribution in [2.75, 3.05) is 26.3 Å². The van der Waals surface area contributed by atoms with Crippen LogP contribution in [0.3, 0.4) is 0 Å². The first-order valence-electron chi connectivity index (χ1n) is 5.39. The molecule has 0 saturated heterocycles. The van der Waals surface area contributed by atoms with Crippen LogP contribution < -0.4 is 11.1 Å². The van der Waals surface area contributed by atoms with Gasteiger partial charge in [0.05, 0.1) is 13.2 Å². The molecule has 1 fully saturated rings. The molecule has 78 valence electrons. The maximum Gasteiger partial charge on any atom is 0.0591 e. The van der Waals surface area contributed by atoms with Crippen LogP contribution in [0.4, 0.5) is 0 Å². The molecule has 0 bridgehead atoms. The van der Waals surface area contributed by atoms with Gasteiger partial charge in [-0.05, 0) is 18.8 Å². The molecule has 1 aliphatic carbocycles. The Hall–Kier alpha value is -0.120. The van der Waals surface area contributed by atoms with Crippen molar-refractivity contribution in [2.45, 2.75) is 32.2 Å². The Balaban J connectivity index is 1.80. The summed E-state index contributed by atoms with van der Waals surface area (Å²) in [6, 6.07) is 0.779. The number of rotatable bonds is 8. The van der Waals surface area contributed by atoms with Crippen LogP contribution in [0.5, 0.6) is 0 Å². The first-order valence-corrected chi connectivity index (χ1v) is 5.39. The monoisotopic (exact) mass is 186 g/mol. The smallest absolute Gasteiger partial charge is 0.0591 e. The van der Waals surface area contributed by atoms with E-state index in [1.54, 1.807) is 0 Å². The second-order valence-electron chi connectivity index (χ2n) is 3.75. The number of ether oxygens (including phenoxy) is 1. The highest BCUT2D eigenvalue weighted by atomic mass is 16.5. The van der Waals surface area contributed by atoms with Crippen LogP contribution in [-0.2, 0) is 4.74 Å². The molecular weight excluding hydrogens is 164 g/mol. The molecule has 2 atom stereocenters. The predicted octanol–water partition coefficient (Wildman–Crippen LogP) is 0.740. The Bertz CT molecular complexity index is 130. The molecule has 0 spiro atoms. The van der Waals surface area contributed by atoms with Gasteiger partial charge in [0, 0.05) is 19.1 Å². The lowest BCUT2D eigenvalue weighted by molar-refractivity contribution is 0.142. The van der Waals surface area contributed by atoms with E-state index >= 15 is 0 Å². The van der Waals surface area contributed by atoms with E-state index in [4.69, 9.17) is 10.5 Å². The van der Waals surface area contributed by atoms with Crippen molar-refractivity contribution in [3.05, 3.63) is 0 Å². The van der Waals surface area contributed by atoms with E-state index in [-0.39, 0.29) is 0 Å². The van der Waals surface area contributed by atoms with Crippen LogP contribution in [-0.4, -0.2) is 32.3 Å². The van der Waals surface area contributed by atoms with E-state index in [0.29, 0.717) is 13.2 Å². The van der Waals surface area contributed by atoms with E-state index < -0.39 is 0 Å². The Labute approximate surface area is 81.0 Å². The summed E-state index contributed by atoms with van der Waals surface area (Å²) in [6.45, 7) is 5.34. The third-order valence-electron chi connectivity index (χ3n) is 2.50. The lowest BCUT2D eigenvalue weighted by atomic mass is 10.2. The van der Waals surface area contributed by atoms with Gasteiger partial charge in [0.15, 0.2) is 0 Å². The summed E-state index contributed by atoms with van der Waals surface area (Å²) in [4.78, 5) is 0. The zero-order valence-electron chi connectivity index (χ0n) is 8.59. The molecule has 0 heterocycles. The van der Waals surface area contributed by atoms with Gasteiger partial charge in [0.1, 0.15) is 0 Å². The standard InChI is InChI=1S/C10H22N2O/c1-2-3-9-8-10(9)12-5-7-13-6-4-11/h9-10,12H,2-8,11H2,1H3. The number of hydrogen-bond acceptors (Lipinski definition) is 3. The fourth-order valence-corrected chi connectivity index (χ4v) is 1.69. The van der Waals surface area contributed by atoms with E-state index in [2.05, 4.69) is 12.2 Å². The highest BCUT2D eigenvalue weighted by Gasteiger charge is 2.34. The Morgan fingerprint density at radius 1 is 1.46 bits per heavy atom. The van der Waals surface area contributed by atoms with Crippen LogP contribution >= 0.6 is 0 Å². The minimum atomic E-state index is 0.627. The maximum absolute atomic E-state index is 5.30. The molecule has 0 aliphatic heterocycles. The summed E-state index contributed by atoms with van der Waals surface area (Å²) in [5, 5.41) is 3.48. The average molecular weight is 186 g/mol. The molecule has 13 heavy (non-hydrogen) atoms. The largest absolute Gasteiger partial charge is 0.379 e. The topological polar surface area (TPSA) is 47.3 Å². The van der Waals surface area contributed by atoms with Gasteiger partial charge in [-0.3, -0.25) is 0 Å². The maximum atomic E-state index is 5.30. The molecule has 3 N–H and O–H groups in total. The first-order chi connectivity index (χ1) is 6.38. The summed E-state index contributed by atoms with van der Waals surface area (Å²) in [5.41, 5.74) is 5.30. The lowest BCUT2D eigenvalue weighted by Crippen LogP contribution is -2.24. The van der Waals surface area contributed by atoms with Gasteiger partial charge in [0.2, 0.25) is 0 Å². The average Bonchev–Trinajstić information content (AvgIpc) is 2.84. The van der Waals surface area contributed by atoms with Crippen molar-refractivity contribution in [3.8, 4) is 0 Å². The third kappa shape index (κ3) is 4.60. The third-order valence-corrected chi connectivity index (χ3v) is 2.50. The van der Waals surface area contributed by atoms with Crippen molar-refractivity contribution in [2.24, 2.45) is 11.7 Å². The van der Waals surface area contributed by atoms with Crippen molar-refractivity contribution < 1.29 is 4.74 Å². The molecule has 1 saturated carbocycles. The molecule has 0 aromatic heterocycles. The van der Waals surface area contributed by atoms with Crippen molar-refractivity contribution in [3.63, 3.8) is 0 Å². The summed E-state index contributed by atoms with van der Waals surface area (Å²) in [6.07, 6.45) is 4.05. The minimum absolute atomic E-state index is 0.627. The summed E-state index contributed by atoms with van der Waals surface area (Å²) in [7, 11) is 0. The summed E-state index contributed by atoms with van der Waals surface area (Å²) >= 11 is 0. The van der Waals surface area contributed by atoms with Crippen LogP contribution in [0.25, 0.3) is 0 Å². The van der Waals surface area contributed by atoms with Gasteiger partial charge in [-0.2, -0.15) is 0 Å². The molecule has 3 nitrogen and oxygen atoms in total. The van der Waals surface area contributed by atoms with E-state index in [9.17, 15) is 0 Å². The van der Waals surface area contributed by atoms with E-state index in [1.807, 2.05) is 0 Å². The fraction of sp³-hybridized carbons (Fsp3) is 1.00. The summed E-state index contributed by atoms with van der Waals surface area (Å²) < 4.78 is 5.27. The molecule has 0 amide bonds. The Morgan fingerprint density at radius 2 is 2.31 bits per heavy atom. The summed E-state index contributed by atoms with van der Waals surface area (Å²) in [5.74, 6) is 0.944. The number of nitrogens with two attached hydrogens (primary N) is 1. The van der Waals surface area contributed by atoms with Gasteiger partial charge in [0.25, 0.3) is 0 Å². The van der Waals surface area contributed by atoms with Gasteiger partial charge in [-0.1, -0.05) is 13.3 Å². The van der Waals surface area contributed by atoms with Crippen molar-refractivity contribution in [1.29, 1.82) is 0 Å². The van der Waals surface area contributed by atoms with Crippen molar-refractivity contribution >= 4 is 0 Å². The second-order valence-corrected chi connectivity index (χ2v) is 3.75. The van der Waals surface area contributed by atoms with Gasteiger partial charge in [-0.15, -0.1) is 0 Å². The lowest BCUT2D eigenvalue weighted by Gasteiger charge is -2.04. The Morgan fingerprint density at radius 3 is 3.00 bits per heavy atom. The molecular formula is C10H22N2O. The van der Waals surface area contributed by atoms with Crippen LogP contribution in [0.2, 0.25) is 0 Å². The van der Waals surface area contributed by atoms with E-state index in [0.717, 1.165) is 25.1 Å². The molecule has 0 aromatic rings. The minimum Gasteiger partial charge on any atom is -0.379 e. The quantitative estimate of drug-likeness (QED) is 0.550. The predicted molar refractivity (Wildman–Crippen MR) is 54.7 cm³/mol. The number of nitrogens with one attached hydrogen (secondary N) is 1. The van der Waals surface area contributed by atoms with Gasteiger partial charge in [-0.25, -0.2) is 0 Å². The molecule has 0 radical (unpaired) electrons. The molecule has 0 aromatic carbocycles. The van der Waals surface area contributed by atoms with Crippen LogP contribution in [0.15, 0.2) is 0 Å². The SMILES string of the molecule is CCCC1CC1NCCOCCN. The second kappa shape index (κ2) is 6.35. The highest BCUT2D eigenvalue weighted by Crippen LogP contribution is 2.34. The Kier molecular flexibility index (Phi) is 5.35. The van der Waals surface area contributed by atoms with Crippen molar-refractivity contribution in [1.82, 2.24) is 5.32 Å². The number of hydrogen-bond donors (Lipinski definition) is 2. The zero-order valence-corrected chi connectivity index (χ0v) is 8.59. The van der Waals surface area contributed by atoms with Crippen LogP contribution in [0.1, 0.15) is 26.2 Å². The molecule has 2 unspecified atom stereocenters. The van der Waals surface area contributed by atoms with Gasteiger partial charge >= 0.3 is 0 Å². The molecule has 3 heteroatoms.